The fourth-order valence-electron chi connectivity index (χ4n) is 1.39. The Morgan fingerprint density at radius 3 is 3.00 bits per heavy atom. The molecule has 11 heavy (non-hydrogen) atoms. The third-order valence-corrected chi connectivity index (χ3v) is 2.21. The Labute approximate surface area is 67.3 Å². The van der Waals surface area contributed by atoms with Crippen LogP contribution in [0.2, 0.25) is 0 Å². The van der Waals surface area contributed by atoms with Gasteiger partial charge in [0.1, 0.15) is 0 Å². The van der Waals surface area contributed by atoms with Crippen LogP contribution in [0, 0.1) is 0 Å². The van der Waals surface area contributed by atoms with E-state index in [0.717, 1.165) is 25.8 Å². The number of nitrogens with one attached hydrogen (secondary N) is 1. The van der Waals surface area contributed by atoms with Gasteiger partial charge in [0, 0.05) is 0 Å². The van der Waals surface area contributed by atoms with E-state index < -0.39 is 0 Å². The van der Waals surface area contributed by atoms with Crippen molar-refractivity contribution >= 4 is 5.78 Å². The van der Waals surface area contributed by atoms with E-state index in [-0.39, 0.29) is 17.9 Å². The summed E-state index contributed by atoms with van der Waals surface area (Å²) in [4.78, 5) is 11.4. The molecule has 1 saturated heterocycles. The molecule has 1 heterocycles. The minimum atomic E-state index is -0.259. The molecule has 3 nitrogen and oxygen atoms in total. The number of carbonyl (C=O) groups excluding carboxylic acids is 1. The predicted molar refractivity (Wildman–Crippen MR) is 44.3 cm³/mol. The molecule has 1 rings (SSSR count). The van der Waals surface area contributed by atoms with Crippen molar-refractivity contribution in [2.75, 3.05) is 6.54 Å². The SMILES string of the molecule is CCC(N)C(=O)C1CCCN1. The molecule has 3 heteroatoms. The van der Waals surface area contributed by atoms with E-state index in [4.69, 9.17) is 5.73 Å². The fourth-order valence-corrected chi connectivity index (χ4v) is 1.39. The quantitative estimate of drug-likeness (QED) is 0.607. The number of hydrogen-bond acceptors (Lipinski definition) is 3. The summed E-state index contributed by atoms with van der Waals surface area (Å²) < 4.78 is 0. The normalized spacial score (nSPS) is 26.9. The molecule has 0 saturated carbocycles. The molecule has 2 unspecified atom stereocenters. The number of carbonyl (C=O) groups is 1. The molecular weight excluding hydrogens is 140 g/mol. The van der Waals surface area contributed by atoms with Crippen LogP contribution < -0.4 is 11.1 Å². The third kappa shape index (κ3) is 2.01. The molecule has 2 atom stereocenters. The largest absolute Gasteiger partial charge is 0.321 e. The molecule has 1 fully saturated rings. The van der Waals surface area contributed by atoms with Gasteiger partial charge in [-0.25, -0.2) is 0 Å². The number of ketones is 1. The molecule has 0 aliphatic carbocycles. The van der Waals surface area contributed by atoms with E-state index in [0.29, 0.717) is 0 Å². The van der Waals surface area contributed by atoms with Crippen LogP contribution in [0.1, 0.15) is 26.2 Å². The van der Waals surface area contributed by atoms with Gasteiger partial charge in [-0.05, 0) is 25.8 Å². The maximum atomic E-state index is 11.4. The summed E-state index contributed by atoms with van der Waals surface area (Å²) in [6.07, 6.45) is 2.82. The highest BCUT2D eigenvalue weighted by atomic mass is 16.1. The molecule has 0 aromatic rings. The lowest BCUT2D eigenvalue weighted by Gasteiger charge is -2.13. The van der Waals surface area contributed by atoms with Gasteiger partial charge in [-0.2, -0.15) is 0 Å². The van der Waals surface area contributed by atoms with E-state index in [1.807, 2.05) is 6.92 Å². The highest BCUT2D eigenvalue weighted by Crippen LogP contribution is 2.08. The molecule has 3 N–H and O–H groups in total. The Bertz CT molecular complexity index is 141. The van der Waals surface area contributed by atoms with Gasteiger partial charge in [0.25, 0.3) is 0 Å². The zero-order valence-electron chi connectivity index (χ0n) is 6.97. The lowest BCUT2D eigenvalue weighted by molar-refractivity contribution is -0.122. The van der Waals surface area contributed by atoms with Crippen LogP contribution in [-0.2, 0) is 4.79 Å². The Kier molecular flexibility index (Phi) is 3.02. The van der Waals surface area contributed by atoms with E-state index in [9.17, 15) is 4.79 Å². The number of Topliss-reactive ketones (excluding diaryl/α,β-unsaturated/α-hetero) is 1. The van der Waals surface area contributed by atoms with Crippen molar-refractivity contribution < 1.29 is 4.79 Å². The van der Waals surface area contributed by atoms with Crippen molar-refractivity contribution in [3.8, 4) is 0 Å². The van der Waals surface area contributed by atoms with E-state index in [1.165, 1.54) is 0 Å². The van der Waals surface area contributed by atoms with Gasteiger partial charge in [-0.15, -0.1) is 0 Å². The second-order valence-corrected chi connectivity index (χ2v) is 3.07. The van der Waals surface area contributed by atoms with Crippen LogP contribution in [0.3, 0.4) is 0 Å². The highest BCUT2D eigenvalue weighted by Gasteiger charge is 2.25. The van der Waals surface area contributed by atoms with Gasteiger partial charge in [0.05, 0.1) is 12.1 Å². The monoisotopic (exact) mass is 156 g/mol. The first kappa shape index (κ1) is 8.68. The molecule has 0 aromatic carbocycles. The standard InChI is InChI=1S/C8H16N2O/c1-2-6(9)8(11)7-4-3-5-10-7/h6-7,10H,2-5,9H2,1H3. The molecule has 0 radical (unpaired) electrons. The lowest BCUT2D eigenvalue weighted by atomic mass is 10.0. The average Bonchev–Trinajstić information content (AvgIpc) is 2.53. The second kappa shape index (κ2) is 3.83. The van der Waals surface area contributed by atoms with Crippen molar-refractivity contribution in [1.82, 2.24) is 5.32 Å². The summed E-state index contributed by atoms with van der Waals surface area (Å²) in [6, 6.07) is -0.212. The predicted octanol–water partition coefficient (Wildman–Crippen LogP) is 0.0448. The molecule has 1 aliphatic heterocycles. The van der Waals surface area contributed by atoms with Crippen LogP contribution in [0.25, 0.3) is 0 Å². The Balaban J connectivity index is 2.39. The van der Waals surface area contributed by atoms with Crippen LogP contribution in [0.4, 0.5) is 0 Å². The molecule has 64 valence electrons. The smallest absolute Gasteiger partial charge is 0.166 e. The van der Waals surface area contributed by atoms with Gasteiger partial charge < -0.3 is 11.1 Å². The maximum absolute atomic E-state index is 11.4. The molecular formula is C8H16N2O. The zero-order valence-corrected chi connectivity index (χ0v) is 6.97. The van der Waals surface area contributed by atoms with Gasteiger partial charge >= 0.3 is 0 Å². The molecule has 0 amide bonds. The van der Waals surface area contributed by atoms with Crippen molar-refractivity contribution in [2.45, 2.75) is 38.3 Å². The van der Waals surface area contributed by atoms with Crippen LogP contribution in [-0.4, -0.2) is 24.4 Å². The van der Waals surface area contributed by atoms with Crippen molar-refractivity contribution in [3.05, 3.63) is 0 Å². The van der Waals surface area contributed by atoms with E-state index in [1.54, 1.807) is 0 Å². The van der Waals surface area contributed by atoms with Gasteiger partial charge in [-0.1, -0.05) is 6.92 Å². The summed E-state index contributed by atoms with van der Waals surface area (Å²) in [7, 11) is 0. The number of hydrogen-bond donors (Lipinski definition) is 2. The van der Waals surface area contributed by atoms with Crippen molar-refractivity contribution in [3.63, 3.8) is 0 Å². The molecule has 0 aromatic heterocycles. The Morgan fingerprint density at radius 2 is 2.55 bits per heavy atom. The average molecular weight is 156 g/mol. The zero-order chi connectivity index (χ0) is 8.27. The minimum Gasteiger partial charge on any atom is -0.321 e. The van der Waals surface area contributed by atoms with E-state index in [2.05, 4.69) is 5.32 Å². The maximum Gasteiger partial charge on any atom is 0.166 e. The van der Waals surface area contributed by atoms with Crippen LogP contribution in [0.5, 0.6) is 0 Å². The summed E-state index contributed by atoms with van der Waals surface area (Å²) in [5.41, 5.74) is 5.61. The number of nitrogens with two attached hydrogens (primary N) is 1. The van der Waals surface area contributed by atoms with Gasteiger partial charge in [0.2, 0.25) is 0 Å². The van der Waals surface area contributed by atoms with Crippen molar-refractivity contribution in [2.24, 2.45) is 5.73 Å². The fraction of sp³-hybridized carbons (Fsp3) is 0.875. The summed E-state index contributed by atoms with van der Waals surface area (Å²) in [6.45, 7) is 2.91. The first-order valence-electron chi connectivity index (χ1n) is 4.28. The molecule has 1 aliphatic rings. The Hall–Kier alpha value is -0.410. The summed E-state index contributed by atoms with van der Waals surface area (Å²) in [5, 5.41) is 3.14. The number of rotatable bonds is 3. The summed E-state index contributed by atoms with van der Waals surface area (Å²) in [5.74, 6) is 0.185. The molecule has 0 spiro atoms. The first-order valence-corrected chi connectivity index (χ1v) is 4.28. The van der Waals surface area contributed by atoms with Crippen LogP contribution in [0.15, 0.2) is 0 Å². The molecule has 0 bridgehead atoms. The van der Waals surface area contributed by atoms with Crippen LogP contribution >= 0.6 is 0 Å². The Morgan fingerprint density at radius 1 is 1.82 bits per heavy atom. The topological polar surface area (TPSA) is 55.1 Å². The minimum absolute atomic E-state index is 0.0462. The van der Waals surface area contributed by atoms with E-state index >= 15 is 0 Å². The third-order valence-electron chi connectivity index (χ3n) is 2.21. The van der Waals surface area contributed by atoms with Crippen molar-refractivity contribution in [1.29, 1.82) is 0 Å². The highest BCUT2D eigenvalue weighted by molar-refractivity contribution is 5.89. The van der Waals surface area contributed by atoms with Gasteiger partial charge in [-0.3, -0.25) is 4.79 Å². The summed E-state index contributed by atoms with van der Waals surface area (Å²) >= 11 is 0. The lowest BCUT2D eigenvalue weighted by Crippen LogP contribution is -2.42. The first-order chi connectivity index (χ1) is 5.25. The van der Waals surface area contributed by atoms with Gasteiger partial charge in [0.15, 0.2) is 5.78 Å². The second-order valence-electron chi connectivity index (χ2n) is 3.07.